The van der Waals surface area contributed by atoms with E-state index in [-0.39, 0.29) is 0 Å². The van der Waals surface area contributed by atoms with Gasteiger partial charge in [0.05, 0.1) is 0 Å². The lowest BCUT2D eigenvalue weighted by molar-refractivity contribution is 0.177. The van der Waals surface area contributed by atoms with Crippen LogP contribution in [-0.2, 0) is 0 Å². The zero-order valence-electron chi connectivity index (χ0n) is 11.0. The molecule has 0 heterocycles. The average Bonchev–Trinajstić information content (AvgIpc) is 2.24. The lowest BCUT2D eigenvalue weighted by atomic mass is 9.70. The van der Waals surface area contributed by atoms with Crippen molar-refractivity contribution in [3.8, 4) is 0 Å². The Kier molecular flexibility index (Phi) is 4.01. The third-order valence-corrected chi connectivity index (χ3v) is 4.85. The molecule has 1 aliphatic carbocycles. The molecule has 1 aromatic carbocycles. The molecule has 0 aromatic heterocycles. The second kappa shape index (κ2) is 5.17. The fourth-order valence-electron chi connectivity index (χ4n) is 2.94. The van der Waals surface area contributed by atoms with Crippen LogP contribution >= 0.6 is 22.6 Å². The van der Waals surface area contributed by atoms with E-state index in [0.29, 0.717) is 11.5 Å². The summed E-state index contributed by atoms with van der Waals surface area (Å²) in [4.78, 5) is 0. The Morgan fingerprint density at radius 2 is 2.00 bits per heavy atom. The summed E-state index contributed by atoms with van der Waals surface area (Å²) in [7, 11) is 0. The summed E-state index contributed by atoms with van der Waals surface area (Å²) < 4.78 is 1.32. The molecular weight excluding hydrogens is 321 g/mol. The SMILES string of the molecule is CC1CC(C)(C)CCC1Nc1ccccc1I. The fraction of sp³-hybridized carbons (Fsp3) is 0.600. The van der Waals surface area contributed by atoms with E-state index in [9.17, 15) is 0 Å². The zero-order valence-corrected chi connectivity index (χ0v) is 13.1. The van der Waals surface area contributed by atoms with Crippen molar-refractivity contribution >= 4 is 28.3 Å². The van der Waals surface area contributed by atoms with Crippen LogP contribution in [0.2, 0.25) is 0 Å². The first-order valence-electron chi connectivity index (χ1n) is 6.49. The van der Waals surface area contributed by atoms with E-state index in [1.54, 1.807) is 0 Å². The molecule has 17 heavy (non-hydrogen) atoms. The van der Waals surface area contributed by atoms with Crippen LogP contribution < -0.4 is 5.32 Å². The molecule has 1 fully saturated rings. The quantitative estimate of drug-likeness (QED) is 0.752. The Bertz CT molecular complexity index is 386. The summed E-state index contributed by atoms with van der Waals surface area (Å²) in [6, 6.07) is 9.20. The van der Waals surface area contributed by atoms with Crippen molar-refractivity contribution in [2.24, 2.45) is 11.3 Å². The summed E-state index contributed by atoms with van der Waals surface area (Å²) in [6.45, 7) is 7.17. The number of anilines is 1. The first kappa shape index (κ1) is 13.2. The van der Waals surface area contributed by atoms with Crippen LogP contribution in [0, 0.1) is 14.9 Å². The van der Waals surface area contributed by atoms with E-state index < -0.39 is 0 Å². The molecule has 1 aliphatic rings. The van der Waals surface area contributed by atoms with Gasteiger partial charge in [-0.25, -0.2) is 0 Å². The molecule has 2 heteroatoms. The van der Waals surface area contributed by atoms with E-state index in [0.717, 1.165) is 5.92 Å². The highest BCUT2D eigenvalue weighted by Crippen LogP contribution is 2.39. The van der Waals surface area contributed by atoms with Crippen LogP contribution in [0.3, 0.4) is 0 Å². The maximum absolute atomic E-state index is 3.73. The van der Waals surface area contributed by atoms with E-state index >= 15 is 0 Å². The van der Waals surface area contributed by atoms with Crippen molar-refractivity contribution in [2.45, 2.75) is 46.1 Å². The topological polar surface area (TPSA) is 12.0 Å². The monoisotopic (exact) mass is 343 g/mol. The fourth-order valence-corrected chi connectivity index (χ4v) is 3.48. The van der Waals surface area contributed by atoms with Gasteiger partial charge in [-0.2, -0.15) is 0 Å². The largest absolute Gasteiger partial charge is 0.381 e. The molecule has 2 rings (SSSR count). The molecule has 2 unspecified atom stereocenters. The normalized spacial score (nSPS) is 27.8. The van der Waals surface area contributed by atoms with E-state index in [2.05, 4.69) is 72.9 Å². The third kappa shape index (κ3) is 3.36. The van der Waals surface area contributed by atoms with Crippen LogP contribution in [0.1, 0.15) is 40.0 Å². The number of hydrogen-bond acceptors (Lipinski definition) is 1. The van der Waals surface area contributed by atoms with Crippen LogP contribution in [-0.4, -0.2) is 6.04 Å². The van der Waals surface area contributed by atoms with Gasteiger partial charge in [-0.1, -0.05) is 32.9 Å². The predicted molar refractivity (Wildman–Crippen MR) is 83.4 cm³/mol. The molecular formula is C15H22IN. The van der Waals surface area contributed by atoms with Gasteiger partial charge >= 0.3 is 0 Å². The van der Waals surface area contributed by atoms with Crippen molar-refractivity contribution in [1.82, 2.24) is 0 Å². The number of nitrogens with one attached hydrogen (secondary N) is 1. The van der Waals surface area contributed by atoms with Crippen LogP contribution in [0.4, 0.5) is 5.69 Å². The summed E-state index contributed by atoms with van der Waals surface area (Å²) in [6.07, 6.45) is 3.95. The first-order valence-corrected chi connectivity index (χ1v) is 7.57. The summed E-state index contributed by atoms with van der Waals surface area (Å²) in [5, 5.41) is 3.73. The Morgan fingerprint density at radius 3 is 2.65 bits per heavy atom. The van der Waals surface area contributed by atoms with Crippen molar-refractivity contribution in [1.29, 1.82) is 0 Å². The minimum Gasteiger partial charge on any atom is -0.381 e. The molecule has 1 nitrogen and oxygen atoms in total. The maximum atomic E-state index is 3.73. The predicted octanol–water partition coefficient (Wildman–Crippen LogP) is 4.92. The van der Waals surface area contributed by atoms with E-state index in [1.807, 2.05) is 0 Å². The molecule has 1 N–H and O–H groups in total. The number of hydrogen-bond donors (Lipinski definition) is 1. The molecule has 94 valence electrons. The van der Waals surface area contributed by atoms with Crippen LogP contribution in [0.25, 0.3) is 0 Å². The summed E-state index contributed by atoms with van der Waals surface area (Å²) in [5.41, 5.74) is 1.83. The van der Waals surface area contributed by atoms with Gasteiger partial charge < -0.3 is 5.32 Å². The highest BCUT2D eigenvalue weighted by atomic mass is 127. The Balaban J connectivity index is 2.03. The molecule has 0 aliphatic heterocycles. The highest BCUT2D eigenvalue weighted by Gasteiger charge is 2.32. The molecule has 0 bridgehead atoms. The van der Waals surface area contributed by atoms with E-state index in [1.165, 1.54) is 28.5 Å². The average molecular weight is 343 g/mol. The molecule has 0 spiro atoms. The van der Waals surface area contributed by atoms with Gasteiger partial charge in [-0.15, -0.1) is 0 Å². The van der Waals surface area contributed by atoms with Crippen molar-refractivity contribution < 1.29 is 0 Å². The summed E-state index contributed by atoms with van der Waals surface area (Å²) in [5.74, 6) is 0.759. The van der Waals surface area contributed by atoms with Gasteiger partial charge in [-0.05, 0) is 65.3 Å². The number of halogens is 1. The molecule has 0 radical (unpaired) electrons. The van der Waals surface area contributed by atoms with Crippen molar-refractivity contribution in [2.75, 3.05) is 5.32 Å². The van der Waals surface area contributed by atoms with Gasteiger partial charge in [0, 0.05) is 15.3 Å². The standard InChI is InChI=1S/C15H22IN/c1-11-10-15(2,3)9-8-13(11)17-14-7-5-4-6-12(14)16/h4-7,11,13,17H,8-10H2,1-3H3. The Labute approximate surface area is 119 Å². The van der Waals surface area contributed by atoms with Crippen LogP contribution in [0.5, 0.6) is 0 Å². The molecule has 0 saturated heterocycles. The van der Waals surface area contributed by atoms with Gasteiger partial charge in [0.2, 0.25) is 0 Å². The second-order valence-corrected chi connectivity index (χ2v) is 7.28. The minimum absolute atomic E-state index is 0.529. The third-order valence-electron chi connectivity index (χ3n) is 3.91. The number of benzene rings is 1. The maximum Gasteiger partial charge on any atom is 0.0478 e. The highest BCUT2D eigenvalue weighted by molar-refractivity contribution is 14.1. The van der Waals surface area contributed by atoms with Crippen molar-refractivity contribution in [3.63, 3.8) is 0 Å². The van der Waals surface area contributed by atoms with Gasteiger partial charge in [0.25, 0.3) is 0 Å². The second-order valence-electron chi connectivity index (χ2n) is 6.11. The minimum atomic E-state index is 0.529. The summed E-state index contributed by atoms with van der Waals surface area (Å²) >= 11 is 2.41. The van der Waals surface area contributed by atoms with E-state index in [4.69, 9.17) is 0 Å². The number of para-hydroxylation sites is 1. The van der Waals surface area contributed by atoms with Crippen LogP contribution in [0.15, 0.2) is 24.3 Å². The first-order chi connectivity index (χ1) is 7.98. The zero-order chi connectivity index (χ0) is 12.5. The smallest absolute Gasteiger partial charge is 0.0478 e. The molecule has 1 saturated carbocycles. The van der Waals surface area contributed by atoms with Gasteiger partial charge in [-0.3, -0.25) is 0 Å². The molecule has 1 aromatic rings. The lowest BCUT2D eigenvalue weighted by Crippen LogP contribution is -2.37. The Morgan fingerprint density at radius 1 is 1.29 bits per heavy atom. The molecule has 2 atom stereocenters. The van der Waals surface area contributed by atoms with Gasteiger partial charge in [0.1, 0.15) is 0 Å². The van der Waals surface area contributed by atoms with Crippen molar-refractivity contribution in [3.05, 3.63) is 27.8 Å². The molecule has 0 amide bonds. The number of rotatable bonds is 2. The lowest BCUT2D eigenvalue weighted by Gasteiger charge is -2.40. The Hall–Kier alpha value is -0.250. The van der Waals surface area contributed by atoms with Gasteiger partial charge in [0.15, 0.2) is 0 Å².